The van der Waals surface area contributed by atoms with Crippen molar-refractivity contribution in [2.45, 2.75) is 11.8 Å². The summed E-state index contributed by atoms with van der Waals surface area (Å²) < 4.78 is 5.37. The molecule has 1 atom stereocenters. The number of carbonyl (C=O) groups excluding carboxylic acids is 2. The van der Waals surface area contributed by atoms with Crippen LogP contribution in [0.15, 0.2) is 104 Å². The summed E-state index contributed by atoms with van der Waals surface area (Å²) in [5.41, 5.74) is 2.10. The van der Waals surface area contributed by atoms with Crippen molar-refractivity contribution in [3.63, 3.8) is 0 Å². The van der Waals surface area contributed by atoms with E-state index in [-0.39, 0.29) is 18.9 Å². The van der Waals surface area contributed by atoms with Gasteiger partial charge >= 0.3 is 6.09 Å². The fourth-order valence-corrected chi connectivity index (χ4v) is 4.17. The van der Waals surface area contributed by atoms with Gasteiger partial charge in [-0.2, -0.15) is 0 Å². The number of Topliss-reactive ketones (excluding diaryl/α,β-unsaturated/α-hetero) is 1. The number of nitrogens with zero attached hydrogens (tertiary/aromatic N) is 1. The molecule has 4 nitrogen and oxygen atoms in total. The van der Waals surface area contributed by atoms with E-state index in [1.165, 1.54) is 6.08 Å². The maximum Gasteiger partial charge on any atom is 0.414 e. The molecule has 1 aliphatic rings. The van der Waals surface area contributed by atoms with Gasteiger partial charge in [-0.1, -0.05) is 97.6 Å². The molecule has 1 amide bonds. The van der Waals surface area contributed by atoms with Crippen molar-refractivity contribution >= 4 is 23.6 Å². The number of hydrogen-bond acceptors (Lipinski definition) is 3. The Morgan fingerprint density at radius 1 is 0.969 bits per heavy atom. The SMILES string of the molecule is C=CCOC(=O)N1C[C@@](C/C=C/c2ccccc2)(c2ccccc2)C(=O)c2ccccc21. The predicted molar refractivity (Wildman–Crippen MR) is 128 cm³/mol. The highest BCUT2D eigenvalue weighted by Gasteiger charge is 2.47. The lowest BCUT2D eigenvalue weighted by molar-refractivity contribution is 0.0876. The fourth-order valence-electron chi connectivity index (χ4n) is 4.17. The molecule has 0 N–H and O–H groups in total. The molecule has 32 heavy (non-hydrogen) atoms. The van der Waals surface area contributed by atoms with Crippen molar-refractivity contribution in [1.29, 1.82) is 0 Å². The molecule has 3 aromatic carbocycles. The highest BCUT2D eigenvalue weighted by atomic mass is 16.6. The van der Waals surface area contributed by atoms with Crippen molar-refractivity contribution in [3.8, 4) is 0 Å². The van der Waals surface area contributed by atoms with Crippen LogP contribution in [0.25, 0.3) is 6.08 Å². The van der Waals surface area contributed by atoms with Crippen molar-refractivity contribution in [2.75, 3.05) is 18.1 Å². The number of ether oxygens (including phenoxy) is 1. The molecule has 0 radical (unpaired) electrons. The van der Waals surface area contributed by atoms with Crippen molar-refractivity contribution in [3.05, 3.63) is 120 Å². The van der Waals surface area contributed by atoms with E-state index in [9.17, 15) is 9.59 Å². The molecular formula is C28H25NO3. The number of rotatable bonds is 6. The zero-order valence-corrected chi connectivity index (χ0v) is 17.8. The summed E-state index contributed by atoms with van der Waals surface area (Å²) in [4.78, 5) is 28.5. The maximum atomic E-state index is 13.9. The third-order valence-electron chi connectivity index (χ3n) is 5.75. The van der Waals surface area contributed by atoms with Crippen molar-refractivity contribution in [2.24, 2.45) is 0 Å². The number of fused-ring (bicyclic) bond motifs is 1. The first-order valence-electron chi connectivity index (χ1n) is 10.6. The molecule has 0 aromatic heterocycles. The minimum absolute atomic E-state index is 0.00443. The van der Waals surface area contributed by atoms with Gasteiger partial charge in [0.05, 0.1) is 11.1 Å². The number of benzene rings is 3. The van der Waals surface area contributed by atoms with Gasteiger partial charge in [0, 0.05) is 12.1 Å². The quantitative estimate of drug-likeness (QED) is 0.453. The second-order valence-corrected chi connectivity index (χ2v) is 7.76. The van der Waals surface area contributed by atoms with Gasteiger partial charge < -0.3 is 4.74 Å². The fraction of sp³-hybridized carbons (Fsp3) is 0.143. The third-order valence-corrected chi connectivity index (χ3v) is 5.75. The summed E-state index contributed by atoms with van der Waals surface area (Å²) in [6, 6.07) is 26.9. The lowest BCUT2D eigenvalue weighted by atomic mass is 9.69. The number of amides is 1. The lowest BCUT2D eigenvalue weighted by Crippen LogP contribution is -2.53. The van der Waals surface area contributed by atoms with Gasteiger partial charge in [-0.15, -0.1) is 0 Å². The summed E-state index contributed by atoms with van der Waals surface area (Å²) in [6.07, 6.45) is 5.52. The van der Waals surface area contributed by atoms with Crippen molar-refractivity contribution < 1.29 is 14.3 Å². The molecular weight excluding hydrogens is 398 g/mol. The van der Waals surface area contributed by atoms with Crippen LogP contribution in [0.2, 0.25) is 0 Å². The van der Waals surface area contributed by atoms with E-state index >= 15 is 0 Å². The first kappa shape index (κ1) is 21.3. The van der Waals surface area contributed by atoms with Gasteiger partial charge in [-0.3, -0.25) is 9.69 Å². The largest absolute Gasteiger partial charge is 0.445 e. The molecule has 4 heteroatoms. The van der Waals surface area contributed by atoms with E-state index in [1.807, 2.05) is 84.9 Å². The van der Waals surface area contributed by atoms with Crippen LogP contribution in [0.5, 0.6) is 0 Å². The average Bonchev–Trinajstić information content (AvgIpc) is 2.85. The average molecular weight is 424 g/mol. The topological polar surface area (TPSA) is 46.6 Å². The molecule has 0 saturated carbocycles. The highest BCUT2D eigenvalue weighted by Crippen LogP contribution is 2.42. The van der Waals surface area contributed by atoms with Crippen LogP contribution in [0.1, 0.15) is 27.9 Å². The molecule has 0 unspecified atom stereocenters. The molecule has 3 aromatic rings. The number of carbonyl (C=O) groups is 2. The second-order valence-electron chi connectivity index (χ2n) is 7.76. The van der Waals surface area contributed by atoms with E-state index in [0.717, 1.165) is 11.1 Å². The summed E-state index contributed by atoms with van der Waals surface area (Å²) in [5, 5.41) is 0. The van der Waals surface area contributed by atoms with E-state index in [0.29, 0.717) is 17.7 Å². The third kappa shape index (κ3) is 4.12. The molecule has 0 spiro atoms. The Balaban J connectivity index is 1.79. The van der Waals surface area contributed by atoms with Gasteiger partial charge in [0.2, 0.25) is 0 Å². The minimum atomic E-state index is -0.923. The van der Waals surface area contributed by atoms with E-state index in [4.69, 9.17) is 4.74 Å². The Bertz CT molecular complexity index is 1140. The van der Waals surface area contributed by atoms with Crippen LogP contribution in [-0.4, -0.2) is 25.0 Å². The zero-order valence-electron chi connectivity index (χ0n) is 17.8. The summed E-state index contributed by atoms with van der Waals surface area (Å²) in [7, 11) is 0. The van der Waals surface area contributed by atoms with Gasteiger partial charge in [0.1, 0.15) is 6.61 Å². The van der Waals surface area contributed by atoms with E-state index in [1.54, 1.807) is 17.0 Å². The minimum Gasteiger partial charge on any atom is -0.445 e. The monoisotopic (exact) mass is 423 g/mol. The van der Waals surface area contributed by atoms with Crippen LogP contribution >= 0.6 is 0 Å². The normalized spacial score (nSPS) is 17.8. The number of allylic oxidation sites excluding steroid dienone is 1. The summed E-state index contributed by atoms with van der Waals surface area (Å²) in [6.45, 7) is 3.93. The maximum absolute atomic E-state index is 13.9. The Hall–Kier alpha value is -3.92. The first-order chi connectivity index (χ1) is 15.7. The number of anilines is 1. The first-order valence-corrected chi connectivity index (χ1v) is 10.6. The van der Waals surface area contributed by atoms with Crippen LogP contribution < -0.4 is 4.90 Å². The van der Waals surface area contributed by atoms with Crippen LogP contribution in [0.4, 0.5) is 10.5 Å². The molecule has 0 bridgehead atoms. The second kappa shape index (κ2) is 9.48. The van der Waals surface area contributed by atoms with Gasteiger partial charge in [0.15, 0.2) is 5.78 Å². The van der Waals surface area contributed by atoms with Gasteiger partial charge in [-0.05, 0) is 29.7 Å². The Labute approximate surface area is 188 Å². The molecule has 0 aliphatic carbocycles. The molecule has 0 saturated heterocycles. The summed E-state index contributed by atoms with van der Waals surface area (Å²) in [5.74, 6) is 0.00443. The Kier molecular flexibility index (Phi) is 6.31. The standard InChI is InChI=1S/C28H25NO3/c1-2-20-32-27(31)29-21-28(23-15-7-4-8-16-23,19-11-14-22-12-5-3-6-13-22)26(30)24-17-9-10-18-25(24)29/h2-18H,1,19-21H2/b14-11+/t28-/m0/s1. The molecule has 0 fully saturated rings. The van der Waals surface area contributed by atoms with Crippen LogP contribution in [0, 0.1) is 0 Å². The van der Waals surface area contributed by atoms with Crippen LogP contribution in [0.3, 0.4) is 0 Å². The highest BCUT2D eigenvalue weighted by molar-refractivity contribution is 6.13. The molecule has 160 valence electrons. The number of para-hydroxylation sites is 1. The van der Waals surface area contributed by atoms with E-state index in [2.05, 4.69) is 6.58 Å². The van der Waals surface area contributed by atoms with Gasteiger partial charge in [0.25, 0.3) is 0 Å². The smallest absolute Gasteiger partial charge is 0.414 e. The molecule has 1 heterocycles. The molecule has 1 aliphatic heterocycles. The zero-order chi connectivity index (χ0) is 22.4. The molecule has 4 rings (SSSR count). The summed E-state index contributed by atoms with van der Waals surface area (Å²) >= 11 is 0. The van der Waals surface area contributed by atoms with Gasteiger partial charge in [-0.25, -0.2) is 4.79 Å². The Morgan fingerprint density at radius 2 is 1.62 bits per heavy atom. The van der Waals surface area contributed by atoms with E-state index < -0.39 is 11.5 Å². The number of hydrogen-bond donors (Lipinski definition) is 0. The van der Waals surface area contributed by atoms with Crippen LogP contribution in [-0.2, 0) is 10.2 Å². The Morgan fingerprint density at radius 3 is 2.34 bits per heavy atom. The van der Waals surface area contributed by atoms with Crippen molar-refractivity contribution in [1.82, 2.24) is 0 Å². The number of ketones is 1. The predicted octanol–water partition coefficient (Wildman–Crippen LogP) is 6.05. The lowest BCUT2D eigenvalue weighted by Gasteiger charge is -2.41.